The van der Waals surface area contributed by atoms with Gasteiger partial charge in [0.05, 0.1) is 0 Å². The van der Waals surface area contributed by atoms with Gasteiger partial charge in [-0.3, -0.25) is 0 Å². The van der Waals surface area contributed by atoms with E-state index in [1.165, 1.54) is 79.2 Å². The third-order valence-corrected chi connectivity index (χ3v) is 5.96. The zero-order valence-corrected chi connectivity index (χ0v) is 23.1. The Morgan fingerprint density at radius 1 is 0.543 bits per heavy atom. The van der Waals surface area contributed by atoms with Crippen LogP contribution in [0.1, 0.15) is 18.1 Å². The molecule has 6 aromatic carbocycles. The monoisotopic (exact) mass is 528 g/mol. The van der Waals surface area contributed by atoms with Gasteiger partial charge in [0.25, 0.3) is 0 Å². The predicted octanol–water partition coefficient (Wildman–Crippen LogP) is 9.42. The first-order chi connectivity index (χ1) is 17.1. The molecule has 6 rings (SSSR count). The summed E-state index contributed by atoms with van der Waals surface area (Å²) in [7, 11) is 0. The number of hydrogen-bond acceptors (Lipinski definition) is 0. The van der Waals surface area contributed by atoms with Gasteiger partial charge >= 0.3 is 34.9 Å². The molecule has 0 spiro atoms. The average Bonchev–Trinajstić information content (AvgIpc) is 3.46. The molecule has 0 N–H and O–H groups in total. The normalized spacial score (nSPS) is 10.3. The Labute approximate surface area is 223 Å². The van der Waals surface area contributed by atoms with Gasteiger partial charge in [0.15, 0.2) is 0 Å². The second-order valence-electron chi connectivity index (χ2n) is 8.70. The standard InChI is InChI=1S/2C16H13.C2H4.Zr/c2*1-12-10-14-8-5-9-15(16(14)11-12)13-6-3-2-4-7-13;1-2;/h2*2-11H,1H3;1H,2H3;/q2*-1;;+2. The largest absolute Gasteiger partial charge is 0.165 e. The van der Waals surface area contributed by atoms with Gasteiger partial charge in [-0.2, -0.15) is 12.1 Å². The van der Waals surface area contributed by atoms with Crippen molar-refractivity contribution in [3.05, 3.63) is 132 Å². The summed E-state index contributed by atoms with van der Waals surface area (Å²) >= 11 is 1.51. The summed E-state index contributed by atoms with van der Waals surface area (Å²) in [4.78, 5) is 0. The molecule has 0 aliphatic rings. The minimum Gasteiger partial charge on any atom is -0.165 e. The Hall–Kier alpha value is -3.15. The quantitative estimate of drug-likeness (QED) is 0.196. The molecule has 0 saturated heterocycles. The van der Waals surface area contributed by atoms with Crippen LogP contribution in [0.3, 0.4) is 0 Å². The maximum absolute atomic E-state index is 2.26. The average molecular weight is 530 g/mol. The molecule has 0 aliphatic heterocycles. The van der Waals surface area contributed by atoms with Crippen molar-refractivity contribution in [2.24, 2.45) is 0 Å². The predicted molar refractivity (Wildman–Crippen MR) is 151 cm³/mol. The summed E-state index contributed by atoms with van der Waals surface area (Å²) in [6, 6.07) is 43.1. The van der Waals surface area contributed by atoms with Crippen LogP contribution in [-0.2, 0) is 24.2 Å². The maximum atomic E-state index is 2.26. The van der Waals surface area contributed by atoms with Crippen LogP contribution < -0.4 is 0 Å². The first-order valence-corrected chi connectivity index (χ1v) is 13.4. The van der Waals surface area contributed by atoms with Crippen LogP contribution in [0.25, 0.3) is 43.8 Å². The van der Waals surface area contributed by atoms with Gasteiger partial charge in [-0.15, -0.1) is 69.1 Å². The number of benzene rings is 4. The first-order valence-electron chi connectivity index (χ1n) is 12.0. The van der Waals surface area contributed by atoms with E-state index in [0.29, 0.717) is 0 Å². The Bertz CT molecular complexity index is 1400. The van der Waals surface area contributed by atoms with Crippen LogP contribution in [0.15, 0.2) is 121 Å². The van der Waals surface area contributed by atoms with Crippen molar-refractivity contribution < 1.29 is 24.2 Å². The number of hydrogen-bond donors (Lipinski definition) is 0. The third kappa shape index (κ3) is 6.11. The van der Waals surface area contributed by atoms with Crippen molar-refractivity contribution >= 4 is 25.3 Å². The molecular formula is C34H30Zr. The van der Waals surface area contributed by atoms with Crippen LogP contribution in [0.4, 0.5) is 0 Å². The fraction of sp³-hybridized carbons (Fsp3) is 0.0882. The van der Waals surface area contributed by atoms with E-state index in [1.807, 2.05) is 6.92 Å². The van der Waals surface area contributed by atoms with Gasteiger partial charge in [-0.1, -0.05) is 97.8 Å². The van der Waals surface area contributed by atoms with E-state index in [-0.39, 0.29) is 0 Å². The molecule has 170 valence electrons. The summed E-state index contributed by atoms with van der Waals surface area (Å²) in [5, 5.41) is 5.37. The molecule has 0 aromatic heterocycles. The zero-order valence-electron chi connectivity index (χ0n) is 20.6. The van der Waals surface area contributed by atoms with Crippen molar-refractivity contribution in [1.29, 1.82) is 0 Å². The second kappa shape index (κ2) is 12.0. The fourth-order valence-corrected chi connectivity index (χ4v) is 4.51. The van der Waals surface area contributed by atoms with Crippen molar-refractivity contribution in [3.8, 4) is 22.3 Å². The molecule has 0 aliphatic carbocycles. The smallest absolute Gasteiger partial charge is 0.0279 e. The Morgan fingerprint density at radius 2 is 0.914 bits per heavy atom. The molecule has 0 heterocycles. The molecule has 35 heavy (non-hydrogen) atoms. The molecule has 1 heteroatoms. The molecule has 0 fully saturated rings. The number of aryl methyl sites for hydroxylation is 2. The molecule has 0 bridgehead atoms. The van der Waals surface area contributed by atoms with Gasteiger partial charge in [-0.05, 0) is 11.1 Å². The SMILES string of the molecule is C[CH]=[Zr+2].Cc1cc2c(-c3ccccc3)cccc2[cH-]1.Cc1cc2c(-c3ccccc3)cccc2[cH-]1. The van der Waals surface area contributed by atoms with Crippen LogP contribution in [0.5, 0.6) is 0 Å². The van der Waals surface area contributed by atoms with E-state index in [4.69, 9.17) is 0 Å². The van der Waals surface area contributed by atoms with Gasteiger partial charge < -0.3 is 0 Å². The Morgan fingerprint density at radius 3 is 1.29 bits per heavy atom. The van der Waals surface area contributed by atoms with Crippen molar-refractivity contribution in [3.63, 3.8) is 0 Å². The molecule has 0 nitrogen and oxygen atoms in total. The Kier molecular flexibility index (Phi) is 8.56. The number of fused-ring (bicyclic) bond motifs is 2. The topological polar surface area (TPSA) is 0 Å². The van der Waals surface area contributed by atoms with E-state index in [9.17, 15) is 0 Å². The van der Waals surface area contributed by atoms with Crippen molar-refractivity contribution in [2.45, 2.75) is 20.8 Å². The van der Waals surface area contributed by atoms with Crippen molar-refractivity contribution in [1.82, 2.24) is 0 Å². The van der Waals surface area contributed by atoms with Gasteiger partial charge in [0.1, 0.15) is 0 Å². The second-order valence-corrected chi connectivity index (χ2v) is 10.1. The molecular weight excluding hydrogens is 500 g/mol. The summed E-state index contributed by atoms with van der Waals surface area (Å²) in [6.07, 6.45) is 0. The van der Waals surface area contributed by atoms with E-state index in [1.54, 1.807) is 0 Å². The molecule has 6 aromatic rings. The summed E-state index contributed by atoms with van der Waals surface area (Å²) < 4.78 is 2.09. The van der Waals surface area contributed by atoms with Crippen LogP contribution in [0.2, 0.25) is 0 Å². The molecule has 0 amide bonds. The molecule has 0 saturated carbocycles. The van der Waals surface area contributed by atoms with Gasteiger partial charge in [-0.25, -0.2) is 0 Å². The summed E-state index contributed by atoms with van der Waals surface area (Å²) in [6.45, 7) is 6.34. The van der Waals surface area contributed by atoms with Crippen molar-refractivity contribution in [2.75, 3.05) is 0 Å². The van der Waals surface area contributed by atoms with E-state index in [0.717, 1.165) is 0 Å². The maximum Gasteiger partial charge on any atom is -0.0279 e. The number of rotatable bonds is 2. The van der Waals surface area contributed by atoms with Crippen LogP contribution in [0, 0.1) is 13.8 Å². The minimum atomic E-state index is 1.29. The third-order valence-electron chi connectivity index (χ3n) is 5.96. The zero-order chi connectivity index (χ0) is 24.6. The fourth-order valence-electron chi connectivity index (χ4n) is 4.51. The molecule has 0 atom stereocenters. The van der Waals surface area contributed by atoms with Gasteiger partial charge in [0, 0.05) is 0 Å². The Balaban J connectivity index is 0.000000149. The van der Waals surface area contributed by atoms with E-state index < -0.39 is 0 Å². The van der Waals surface area contributed by atoms with E-state index >= 15 is 0 Å². The first kappa shape index (κ1) is 25.0. The van der Waals surface area contributed by atoms with Crippen LogP contribution >= 0.6 is 0 Å². The molecule has 0 unspecified atom stereocenters. The summed E-state index contributed by atoms with van der Waals surface area (Å²) in [5.41, 5.74) is 7.89. The van der Waals surface area contributed by atoms with Crippen LogP contribution in [-0.4, -0.2) is 3.71 Å². The summed E-state index contributed by atoms with van der Waals surface area (Å²) in [5.74, 6) is 0. The minimum absolute atomic E-state index is 1.29. The van der Waals surface area contributed by atoms with E-state index in [2.05, 4.69) is 139 Å². The molecule has 0 radical (unpaired) electrons. The van der Waals surface area contributed by atoms with Gasteiger partial charge in [0.2, 0.25) is 0 Å².